The van der Waals surface area contributed by atoms with Crippen molar-refractivity contribution in [2.24, 2.45) is 17.8 Å². The molecule has 2 bridgehead atoms. The first kappa shape index (κ1) is 19.7. The van der Waals surface area contributed by atoms with Crippen molar-refractivity contribution in [3.63, 3.8) is 0 Å². The SMILES string of the molecule is O=C(OCc1cn(-c2ccccc2)nc1-c1ccccc1)C1CC2CCCC(C1)C2=O. The highest BCUT2D eigenvalue weighted by Gasteiger charge is 2.41. The van der Waals surface area contributed by atoms with Crippen LogP contribution in [0, 0.1) is 17.8 Å². The third-order valence-corrected chi connectivity index (χ3v) is 6.61. The van der Waals surface area contributed by atoms with Crippen LogP contribution in [0.15, 0.2) is 66.9 Å². The number of Topliss-reactive ketones (excluding diaryl/α,β-unsaturated/α-hetero) is 1. The van der Waals surface area contributed by atoms with Gasteiger partial charge in [-0.05, 0) is 37.8 Å². The summed E-state index contributed by atoms with van der Waals surface area (Å²) in [4.78, 5) is 25.2. The summed E-state index contributed by atoms with van der Waals surface area (Å²) < 4.78 is 7.60. The third-order valence-electron chi connectivity index (χ3n) is 6.61. The molecule has 0 saturated heterocycles. The minimum atomic E-state index is -0.184. The number of hydrogen-bond acceptors (Lipinski definition) is 4. The molecular formula is C26H26N2O3. The molecule has 0 amide bonds. The zero-order valence-corrected chi connectivity index (χ0v) is 17.4. The van der Waals surface area contributed by atoms with Crippen LogP contribution in [0.3, 0.4) is 0 Å². The van der Waals surface area contributed by atoms with Crippen molar-refractivity contribution in [1.29, 1.82) is 0 Å². The summed E-state index contributed by atoms with van der Waals surface area (Å²) in [5, 5.41) is 4.78. The Hall–Kier alpha value is -3.21. The molecular weight excluding hydrogens is 388 g/mol. The number of carbonyl (C=O) groups is 2. The quantitative estimate of drug-likeness (QED) is 0.553. The summed E-state index contributed by atoms with van der Waals surface area (Å²) in [5.74, 6) is 0.107. The van der Waals surface area contributed by atoms with Gasteiger partial charge in [0.1, 0.15) is 12.4 Å². The smallest absolute Gasteiger partial charge is 0.309 e. The lowest BCUT2D eigenvalue weighted by atomic mass is 9.67. The number of esters is 1. The Labute approximate surface area is 182 Å². The van der Waals surface area contributed by atoms with E-state index < -0.39 is 0 Å². The van der Waals surface area contributed by atoms with Crippen molar-refractivity contribution in [1.82, 2.24) is 9.78 Å². The van der Waals surface area contributed by atoms with Crippen LogP contribution < -0.4 is 0 Å². The Morgan fingerprint density at radius 2 is 1.61 bits per heavy atom. The van der Waals surface area contributed by atoms with E-state index in [9.17, 15) is 9.59 Å². The van der Waals surface area contributed by atoms with Gasteiger partial charge in [-0.1, -0.05) is 55.0 Å². The van der Waals surface area contributed by atoms with Crippen LogP contribution in [-0.2, 0) is 20.9 Å². The Bertz CT molecular complexity index is 1060. The summed E-state index contributed by atoms with van der Waals surface area (Å²) in [6.45, 7) is 0.176. The van der Waals surface area contributed by atoms with Crippen molar-refractivity contribution in [3.8, 4) is 16.9 Å². The number of ether oxygens (including phenoxy) is 1. The molecule has 5 rings (SSSR count). The normalized spacial score (nSPS) is 22.8. The van der Waals surface area contributed by atoms with Crippen LogP contribution in [0.1, 0.15) is 37.7 Å². The van der Waals surface area contributed by atoms with Gasteiger partial charge in [0.15, 0.2) is 0 Å². The fourth-order valence-corrected chi connectivity index (χ4v) is 5.01. The van der Waals surface area contributed by atoms with Crippen molar-refractivity contribution < 1.29 is 14.3 Å². The standard InChI is InChI=1S/C26H26N2O3/c29-25-19-10-7-11-20(25)15-21(14-19)26(30)31-17-22-16-28(23-12-5-2-6-13-23)27-24(22)18-8-3-1-4-9-18/h1-6,8-9,12-13,16,19-21H,7,10-11,14-15,17H2. The van der Waals surface area contributed by atoms with Crippen molar-refractivity contribution >= 4 is 11.8 Å². The predicted molar refractivity (Wildman–Crippen MR) is 117 cm³/mol. The molecule has 2 fully saturated rings. The Morgan fingerprint density at radius 3 is 2.29 bits per heavy atom. The topological polar surface area (TPSA) is 61.2 Å². The second-order valence-corrected chi connectivity index (χ2v) is 8.65. The van der Waals surface area contributed by atoms with Gasteiger partial charge in [0.2, 0.25) is 0 Å². The van der Waals surface area contributed by atoms with E-state index in [4.69, 9.17) is 9.84 Å². The molecule has 2 aliphatic rings. The molecule has 0 spiro atoms. The van der Waals surface area contributed by atoms with Crippen LogP contribution in [0.2, 0.25) is 0 Å². The number of para-hydroxylation sites is 1. The molecule has 2 aromatic carbocycles. The molecule has 158 valence electrons. The van der Waals surface area contributed by atoms with Gasteiger partial charge in [-0.3, -0.25) is 9.59 Å². The largest absolute Gasteiger partial charge is 0.460 e. The predicted octanol–water partition coefficient (Wildman–Crippen LogP) is 4.98. The molecule has 1 heterocycles. The molecule has 1 aromatic heterocycles. The molecule has 0 radical (unpaired) electrons. The van der Waals surface area contributed by atoms with E-state index >= 15 is 0 Å². The van der Waals surface area contributed by atoms with Crippen molar-refractivity contribution in [2.45, 2.75) is 38.7 Å². The molecule has 2 saturated carbocycles. The third kappa shape index (κ3) is 4.05. The van der Waals surface area contributed by atoms with Gasteiger partial charge < -0.3 is 4.74 Å². The number of hydrogen-bond donors (Lipinski definition) is 0. The molecule has 3 aromatic rings. The molecule has 5 heteroatoms. The second-order valence-electron chi connectivity index (χ2n) is 8.65. The zero-order chi connectivity index (χ0) is 21.2. The maximum Gasteiger partial charge on any atom is 0.309 e. The highest BCUT2D eigenvalue weighted by Crippen LogP contribution is 2.40. The zero-order valence-electron chi connectivity index (χ0n) is 17.4. The second kappa shape index (κ2) is 8.50. The van der Waals surface area contributed by atoms with E-state index in [1.807, 2.05) is 71.5 Å². The number of nitrogens with zero attached hydrogens (tertiary/aromatic N) is 2. The lowest BCUT2D eigenvalue weighted by molar-refractivity contribution is -0.154. The van der Waals surface area contributed by atoms with Crippen molar-refractivity contribution in [2.75, 3.05) is 0 Å². The van der Waals surface area contributed by atoms with Crippen LogP contribution in [0.25, 0.3) is 16.9 Å². The van der Waals surface area contributed by atoms with E-state index in [0.717, 1.165) is 41.8 Å². The first-order valence-corrected chi connectivity index (χ1v) is 11.1. The van der Waals surface area contributed by atoms with Gasteiger partial charge in [-0.25, -0.2) is 4.68 Å². The monoisotopic (exact) mass is 414 g/mol. The molecule has 31 heavy (non-hydrogen) atoms. The molecule has 2 unspecified atom stereocenters. The highest BCUT2D eigenvalue weighted by atomic mass is 16.5. The first-order valence-electron chi connectivity index (χ1n) is 11.1. The van der Waals surface area contributed by atoms with Crippen molar-refractivity contribution in [3.05, 3.63) is 72.4 Å². The number of carbonyl (C=O) groups excluding carboxylic acids is 2. The van der Waals surface area contributed by atoms with Gasteiger partial charge >= 0.3 is 5.97 Å². The molecule has 0 aliphatic heterocycles. The van der Waals surface area contributed by atoms with Gasteiger partial charge in [-0.2, -0.15) is 5.10 Å². The van der Waals surface area contributed by atoms with Gasteiger partial charge in [0.05, 0.1) is 17.3 Å². The lowest BCUT2D eigenvalue weighted by Gasteiger charge is -2.36. The fourth-order valence-electron chi connectivity index (χ4n) is 5.01. The Balaban J connectivity index is 1.35. The summed E-state index contributed by atoms with van der Waals surface area (Å²) >= 11 is 0. The number of aromatic nitrogens is 2. The number of fused-ring (bicyclic) bond motifs is 2. The lowest BCUT2D eigenvalue weighted by Crippen LogP contribution is -2.39. The minimum Gasteiger partial charge on any atom is -0.460 e. The maximum absolute atomic E-state index is 12.9. The molecule has 2 atom stereocenters. The Kier molecular flexibility index (Phi) is 5.41. The van der Waals surface area contributed by atoms with Crippen LogP contribution in [0.4, 0.5) is 0 Å². The van der Waals surface area contributed by atoms with E-state index in [2.05, 4.69) is 0 Å². The summed E-state index contributed by atoms with van der Waals surface area (Å²) in [6.07, 6.45) is 6.15. The van der Waals surface area contributed by atoms with E-state index in [-0.39, 0.29) is 30.3 Å². The maximum atomic E-state index is 12.9. The Morgan fingerprint density at radius 1 is 0.968 bits per heavy atom. The summed E-state index contributed by atoms with van der Waals surface area (Å²) in [6, 6.07) is 19.9. The average molecular weight is 415 g/mol. The van der Waals surface area contributed by atoms with Gasteiger partial charge in [0, 0.05) is 29.2 Å². The van der Waals surface area contributed by atoms with E-state index in [0.29, 0.717) is 18.6 Å². The highest BCUT2D eigenvalue weighted by molar-refractivity contribution is 5.87. The molecule has 5 nitrogen and oxygen atoms in total. The van der Waals surface area contributed by atoms with Crippen LogP contribution in [-0.4, -0.2) is 21.5 Å². The number of ketones is 1. The average Bonchev–Trinajstić information content (AvgIpc) is 3.23. The minimum absolute atomic E-state index is 0.0470. The van der Waals surface area contributed by atoms with Crippen LogP contribution >= 0.6 is 0 Å². The van der Waals surface area contributed by atoms with E-state index in [1.165, 1.54) is 0 Å². The molecule has 2 aliphatic carbocycles. The van der Waals surface area contributed by atoms with E-state index in [1.54, 1.807) is 0 Å². The fraction of sp³-hybridized carbons (Fsp3) is 0.346. The summed E-state index contributed by atoms with van der Waals surface area (Å²) in [7, 11) is 0. The number of rotatable bonds is 5. The van der Waals surface area contributed by atoms with Gasteiger partial charge in [-0.15, -0.1) is 0 Å². The van der Waals surface area contributed by atoms with Crippen LogP contribution in [0.5, 0.6) is 0 Å². The summed E-state index contributed by atoms with van der Waals surface area (Å²) in [5.41, 5.74) is 3.63. The molecule has 0 N–H and O–H groups in total. The first-order chi connectivity index (χ1) is 15.2. The van der Waals surface area contributed by atoms with Gasteiger partial charge in [0.25, 0.3) is 0 Å². The number of benzene rings is 2.